The minimum absolute atomic E-state index is 0.125. The first-order valence-electron chi connectivity index (χ1n) is 10.1. The lowest BCUT2D eigenvalue weighted by Gasteiger charge is -2.13. The van der Waals surface area contributed by atoms with Crippen molar-refractivity contribution in [3.8, 4) is 17.3 Å². The molecule has 2 heterocycles. The van der Waals surface area contributed by atoms with E-state index in [1.807, 2.05) is 48.5 Å². The quantitative estimate of drug-likeness (QED) is 0.384. The van der Waals surface area contributed by atoms with Crippen molar-refractivity contribution in [3.63, 3.8) is 0 Å². The van der Waals surface area contributed by atoms with Crippen LogP contribution in [0.4, 0.5) is 0 Å². The summed E-state index contributed by atoms with van der Waals surface area (Å²) in [6.07, 6.45) is 1.20. The van der Waals surface area contributed by atoms with Gasteiger partial charge in [0.15, 0.2) is 11.6 Å². The first-order valence-corrected chi connectivity index (χ1v) is 10.5. The van der Waals surface area contributed by atoms with Gasteiger partial charge in [0.05, 0.1) is 17.6 Å². The third-order valence-corrected chi connectivity index (χ3v) is 5.04. The Morgan fingerprint density at radius 2 is 2.00 bits per heavy atom. The number of fused-ring (bicyclic) bond motifs is 1. The molecule has 0 saturated heterocycles. The second-order valence-electron chi connectivity index (χ2n) is 7.81. The van der Waals surface area contributed by atoms with Crippen LogP contribution in [0.2, 0.25) is 5.02 Å². The summed E-state index contributed by atoms with van der Waals surface area (Å²) in [5.41, 5.74) is 3.84. The van der Waals surface area contributed by atoms with Gasteiger partial charge in [-0.25, -0.2) is 4.98 Å². The Balaban J connectivity index is 1.56. The fraction of sp³-hybridized carbons (Fsp3) is 0.292. The van der Waals surface area contributed by atoms with Gasteiger partial charge in [0.1, 0.15) is 11.5 Å². The Morgan fingerprint density at radius 1 is 1.13 bits per heavy atom. The van der Waals surface area contributed by atoms with E-state index in [4.69, 9.17) is 25.9 Å². The van der Waals surface area contributed by atoms with Crippen molar-refractivity contribution in [1.29, 1.82) is 0 Å². The molecular weight excluding hydrogens is 400 g/mol. The summed E-state index contributed by atoms with van der Waals surface area (Å²) >= 11 is 6.21. The van der Waals surface area contributed by atoms with E-state index in [0.717, 1.165) is 33.7 Å². The van der Waals surface area contributed by atoms with Crippen molar-refractivity contribution in [2.45, 2.75) is 26.7 Å². The van der Waals surface area contributed by atoms with Crippen molar-refractivity contribution < 1.29 is 14.3 Å². The monoisotopic (exact) mass is 424 g/mol. The smallest absolute Gasteiger partial charge is 0.174 e. The number of hydrogen-bond donors (Lipinski definition) is 2. The number of ether oxygens (including phenoxy) is 1. The average molecular weight is 425 g/mol. The fourth-order valence-corrected chi connectivity index (χ4v) is 3.52. The lowest BCUT2D eigenvalue weighted by molar-refractivity contribution is 0.268. The van der Waals surface area contributed by atoms with E-state index in [1.165, 1.54) is 0 Å². The number of nitrogens with one attached hydrogen (secondary N) is 1. The van der Waals surface area contributed by atoms with Crippen molar-refractivity contribution in [2.75, 3.05) is 13.2 Å². The molecule has 0 aliphatic rings. The molecule has 0 saturated carbocycles. The molecule has 2 aromatic carbocycles. The average Bonchev–Trinajstić information content (AvgIpc) is 3.34. The van der Waals surface area contributed by atoms with E-state index < -0.39 is 0 Å². The van der Waals surface area contributed by atoms with Gasteiger partial charge >= 0.3 is 0 Å². The molecule has 2 aromatic heterocycles. The predicted molar refractivity (Wildman–Crippen MR) is 119 cm³/mol. The van der Waals surface area contributed by atoms with Gasteiger partial charge in [-0.1, -0.05) is 31.5 Å². The second kappa shape index (κ2) is 8.94. The number of furan rings is 1. The number of imidazole rings is 1. The Kier molecular flexibility index (Phi) is 6.11. The molecule has 6 heteroatoms. The number of rotatable bonds is 8. The van der Waals surface area contributed by atoms with Crippen LogP contribution < -0.4 is 4.74 Å². The van der Waals surface area contributed by atoms with E-state index in [1.54, 1.807) is 0 Å². The molecule has 0 amide bonds. The Labute approximate surface area is 180 Å². The number of halogens is 1. The summed E-state index contributed by atoms with van der Waals surface area (Å²) in [6.45, 7) is 5.01. The highest BCUT2D eigenvalue weighted by Crippen LogP contribution is 2.29. The zero-order valence-corrected chi connectivity index (χ0v) is 17.9. The summed E-state index contributed by atoms with van der Waals surface area (Å²) in [5, 5.41) is 9.81. The summed E-state index contributed by atoms with van der Waals surface area (Å²) in [4.78, 5) is 7.94. The number of aliphatic hydroxyl groups is 1. The SMILES string of the molecule is CC(C)COc1ccc(Cl)cc1Cc1ccc(-c2nc3ccc(CCO)cc3[nH]2)o1. The van der Waals surface area contributed by atoms with Gasteiger partial charge in [0.25, 0.3) is 0 Å². The topological polar surface area (TPSA) is 71.3 Å². The van der Waals surface area contributed by atoms with E-state index in [2.05, 4.69) is 23.8 Å². The van der Waals surface area contributed by atoms with Crippen molar-refractivity contribution >= 4 is 22.6 Å². The number of aromatic amines is 1. The molecule has 0 atom stereocenters. The Morgan fingerprint density at radius 3 is 2.80 bits per heavy atom. The molecule has 0 spiro atoms. The van der Waals surface area contributed by atoms with Gasteiger partial charge in [-0.2, -0.15) is 0 Å². The number of aliphatic hydroxyl groups excluding tert-OH is 1. The van der Waals surface area contributed by atoms with Crippen LogP contribution in [-0.2, 0) is 12.8 Å². The highest BCUT2D eigenvalue weighted by Gasteiger charge is 2.13. The van der Waals surface area contributed by atoms with Gasteiger partial charge in [0.2, 0.25) is 0 Å². The molecule has 0 unspecified atom stereocenters. The molecule has 30 heavy (non-hydrogen) atoms. The molecule has 4 aromatic rings. The van der Waals surface area contributed by atoms with Gasteiger partial charge in [-0.3, -0.25) is 0 Å². The summed E-state index contributed by atoms with van der Waals surface area (Å²) in [6, 6.07) is 15.5. The maximum absolute atomic E-state index is 9.14. The van der Waals surface area contributed by atoms with E-state index in [9.17, 15) is 0 Å². The normalized spacial score (nSPS) is 11.5. The second-order valence-corrected chi connectivity index (χ2v) is 8.25. The fourth-order valence-electron chi connectivity index (χ4n) is 3.33. The van der Waals surface area contributed by atoms with Crippen molar-refractivity contribution in [3.05, 3.63) is 70.4 Å². The van der Waals surface area contributed by atoms with Crippen LogP contribution in [0.3, 0.4) is 0 Å². The summed E-state index contributed by atoms with van der Waals surface area (Å²) in [7, 11) is 0. The molecule has 0 radical (unpaired) electrons. The molecule has 4 rings (SSSR count). The van der Waals surface area contributed by atoms with Crippen LogP contribution >= 0.6 is 11.6 Å². The number of H-pyrrole nitrogens is 1. The van der Waals surface area contributed by atoms with Gasteiger partial charge in [-0.05, 0) is 60.4 Å². The van der Waals surface area contributed by atoms with Crippen LogP contribution in [-0.4, -0.2) is 28.3 Å². The third kappa shape index (κ3) is 4.69. The van der Waals surface area contributed by atoms with E-state index >= 15 is 0 Å². The maximum atomic E-state index is 9.14. The number of aromatic nitrogens is 2. The highest BCUT2D eigenvalue weighted by atomic mass is 35.5. The largest absolute Gasteiger partial charge is 0.493 e. The van der Waals surface area contributed by atoms with Gasteiger partial charge in [-0.15, -0.1) is 0 Å². The molecule has 0 aliphatic heterocycles. The Hall–Kier alpha value is -2.76. The standard InChI is InChI=1S/C24H25ClN2O3/c1-15(2)14-29-22-7-4-18(25)12-17(22)13-19-5-8-23(30-19)24-26-20-6-3-16(9-10-28)11-21(20)27-24/h3-8,11-12,15,28H,9-10,13-14H2,1-2H3,(H,26,27). The van der Waals surface area contributed by atoms with Crippen LogP contribution in [0.15, 0.2) is 52.9 Å². The van der Waals surface area contributed by atoms with Crippen LogP contribution in [0, 0.1) is 5.92 Å². The van der Waals surface area contributed by atoms with Crippen molar-refractivity contribution in [2.24, 2.45) is 5.92 Å². The molecule has 0 aliphatic carbocycles. The molecule has 156 valence electrons. The van der Waals surface area contributed by atoms with Gasteiger partial charge < -0.3 is 19.2 Å². The maximum Gasteiger partial charge on any atom is 0.174 e. The molecule has 0 fully saturated rings. The molecule has 0 bridgehead atoms. The van der Waals surface area contributed by atoms with Gasteiger partial charge in [0, 0.05) is 23.6 Å². The zero-order valence-electron chi connectivity index (χ0n) is 17.1. The highest BCUT2D eigenvalue weighted by molar-refractivity contribution is 6.30. The van der Waals surface area contributed by atoms with Crippen LogP contribution in [0.5, 0.6) is 5.75 Å². The molecule has 5 nitrogen and oxygen atoms in total. The van der Waals surface area contributed by atoms with E-state index in [-0.39, 0.29) is 6.61 Å². The lowest BCUT2D eigenvalue weighted by atomic mass is 10.1. The number of nitrogens with zero attached hydrogens (tertiary/aromatic N) is 1. The predicted octanol–water partition coefficient (Wildman–Crippen LogP) is 5.64. The lowest BCUT2D eigenvalue weighted by Crippen LogP contribution is -2.06. The van der Waals surface area contributed by atoms with Crippen LogP contribution in [0.1, 0.15) is 30.7 Å². The third-order valence-electron chi connectivity index (χ3n) is 4.80. The minimum Gasteiger partial charge on any atom is -0.493 e. The van der Waals surface area contributed by atoms with Crippen LogP contribution in [0.25, 0.3) is 22.6 Å². The number of hydrogen-bond acceptors (Lipinski definition) is 4. The van der Waals surface area contributed by atoms with E-state index in [0.29, 0.717) is 42.0 Å². The first kappa shape index (κ1) is 20.5. The van der Waals surface area contributed by atoms with Crippen molar-refractivity contribution in [1.82, 2.24) is 9.97 Å². The summed E-state index contributed by atoms with van der Waals surface area (Å²) in [5.74, 6) is 3.43. The molecular formula is C24H25ClN2O3. The Bertz CT molecular complexity index is 1150. The minimum atomic E-state index is 0.125. The zero-order chi connectivity index (χ0) is 21.1. The summed E-state index contributed by atoms with van der Waals surface area (Å²) < 4.78 is 12.0. The first-order chi connectivity index (χ1) is 14.5. The molecule has 2 N–H and O–H groups in total. The number of benzene rings is 2.